The first-order valence-corrected chi connectivity index (χ1v) is 9.30. The summed E-state index contributed by atoms with van der Waals surface area (Å²) in [6, 6.07) is 4.96. The van der Waals surface area contributed by atoms with Gasteiger partial charge in [-0.25, -0.2) is 4.79 Å². The van der Waals surface area contributed by atoms with Gasteiger partial charge in [-0.05, 0) is 44.4 Å². The van der Waals surface area contributed by atoms with Crippen LogP contribution in [0.5, 0.6) is 0 Å². The molecule has 0 radical (unpaired) electrons. The summed E-state index contributed by atoms with van der Waals surface area (Å²) in [5.41, 5.74) is 2.23. The molecular weight excluding hydrogens is 332 g/mol. The van der Waals surface area contributed by atoms with Crippen LogP contribution in [0.25, 0.3) is 0 Å². The predicted molar refractivity (Wildman–Crippen MR) is 101 cm³/mol. The number of ether oxygens (including phenoxy) is 1. The number of nitrogens with zero attached hydrogens (tertiary/aromatic N) is 2. The molecule has 0 bridgehead atoms. The molecule has 0 aromatic heterocycles. The van der Waals surface area contributed by atoms with Gasteiger partial charge in [0.15, 0.2) is 6.04 Å². The zero-order chi connectivity index (χ0) is 19.3. The normalized spacial score (nSPS) is 16.2. The molecule has 0 saturated carbocycles. The van der Waals surface area contributed by atoms with E-state index in [2.05, 4.69) is 0 Å². The summed E-state index contributed by atoms with van der Waals surface area (Å²) in [5.74, 6) is -0.489. The minimum absolute atomic E-state index is 0.114. The maximum absolute atomic E-state index is 13.0. The molecule has 26 heavy (non-hydrogen) atoms. The maximum Gasteiger partial charge on any atom is 0.333 e. The number of aliphatic hydroxyl groups is 1. The quantitative estimate of drug-likeness (QED) is 0.540. The average molecular weight is 362 g/mol. The van der Waals surface area contributed by atoms with Crippen molar-refractivity contribution in [3.8, 4) is 0 Å². The van der Waals surface area contributed by atoms with Crippen molar-refractivity contribution >= 4 is 17.6 Å². The fraction of sp³-hybridized carbons (Fsp3) is 0.600. The van der Waals surface area contributed by atoms with Gasteiger partial charge < -0.3 is 19.6 Å². The van der Waals surface area contributed by atoms with Gasteiger partial charge in [-0.3, -0.25) is 4.79 Å². The van der Waals surface area contributed by atoms with Crippen molar-refractivity contribution in [1.29, 1.82) is 0 Å². The van der Waals surface area contributed by atoms with E-state index in [1.54, 1.807) is 4.90 Å². The van der Waals surface area contributed by atoms with Gasteiger partial charge in [-0.1, -0.05) is 18.9 Å². The van der Waals surface area contributed by atoms with E-state index in [1.807, 2.05) is 51.0 Å². The summed E-state index contributed by atoms with van der Waals surface area (Å²) in [5, 5.41) is 8.88. The number of carbonyl (C=O) groups is 2. The van der Waals surface area contributed by atoms with Crippen molar-refractivity contribution < 1.29 is 19.4 Å². The molecule has 1 amide bonds. The monoisotopic (exact) mass is 362 g/mol. The lowest BCUT2D eigenvalue weighted by Gasteiger charge is -2.24. The van der Waals surface area contributed by atoms with Crippen LogP contribution in [0.4, 0.5) is 5.69 Å². The lowest BCUT2D eigenvalue weighted by atomic mass is 10.0. The van der Waals surface area contributed by atoms with Crippen LogP contribution in [0.3, 0.4) is 0 Å². The van der Waals surface area contributed by atoms with Crippen LogP contribution in [0.15, 0.2) is 18.2 Å². The highest BCUT2D eigenvalue weighted by Gasteiger charge is 2.42. The number of esters is 1. The predicted octanol–water partition coefficient (Wildman–Crippen LogP) is 2.75. The van der Waals surface area contributed by atoms with Crippen LogP contribution in [0, 0.1) is 0 Å². The molecule has 6 heteroatoms. The molecule has 1 aromatic carbocycles. The molecule has 1 aliphatic heterocycles. The number of unbranched alkanes of at least 4 members (excludes halogenated alkanes) is 3. The second-order valence-electron chi connectivity index (χ2n) is 7.19. The maximum atomic E-state index is 13.0. The van der Waals surface area contributed by atoms with Crippen molar-refractivity contribution in [2.45, 2.75) is 51.7 Å². The highest BCUT2D eigenvalue weighted by atomic mass is 16.5. The first-order chi connectivity index (χ1) is 12.4. The zero-order valence-electron chi connectivity index (χ0n) is 16.2. The first kappa shape index (κ1) is 20.2. The Labute approximate surface area is 155 Å². The minimum Gasteiger partial charge on any atom is -0.461 e. The number of aliphatic hydroxyl groups excluding tert-OH is 1. The lowest BCUT2D eigenvalue weighted by molar-refractivity contribution is -0.152. The van der Waals surface area contributed by atoms with Crippen molar-refractivity contribution in [2.24, 2.45) is 0 Å². The zero-order valence-corrected chi connectivity index (χ0v) is 16.2. The van der Waals surface area contributed by atoms with Crippen LogP contribution >= 0.6 is 0 Å². The van der Waals surface area contributed by atoms with Gasteiger partial charge in [0.2, 0.25) is 0 Å². The molecule has 1 aliphatic rings. The lowest BCUT2D eigenvalue weighted by Crippen LogP contribution is -2.35. The van der Waals surface area contributed by atoms with E-state index < -0.39 is 6.04 Å². The van der Waals surface area contributed by atoms with E-state index in [1.165, 1.54) is 0 Å². The van der Waals surface area contributed by atoms with Crippen molar-refractivity contribution in [3.05, 3.63) is 29.3 Å². The second-order valence-corrected chi connectivity index (χ2v) is 7.19. The molecule has 0 aliphatic carbocycles. The Kier molecular flexibility index (Phi) is 7.03. The number of amides is 1. The summed E-state index contributed by atoms with van der Waals surface area (Å²) in [4.78, 5) is 29.2. The van der Waals surface area contributed by atoms with E-state index in [-0.39, 0.29) is 24.6 Å². The number of hydrogen-bond acceptors (Lipinski definition) is 5. The largest absolute Gasteiger partial charge is 0.461 e. The van der Waals surface area contributed by atoms with Crippen LogP contribution in [0.2, 0.25) is 0 Å². The Morgan fingerprint density at radius 2 is 1.92 bits per heavy atom. The minimum atomic E-state index is -0.672. The molecule has 1 unspecified atom stereocenters. The average Bonchev–Trinajstić information content (AvgIpc) is 2.86. The molecule has 6 nitrogen and oxygen atoms in total. The van der Waals surface area contributed by atoms with E-state index in [0.717, 1.165) is 36.9 Å². The highest BCUT2D eigenvalue weighted by molar-refractivity contribution is 6.04. The number of rotatable bonds is 9. The van der Waals surface area contributed by atoms with Crippen molar-refractivity contribution in [3.63, 3.8) is 0 Å². The van der Waals surface area contributed by atoms with Crippen LogP contribution < -0.4 is 4.90 Å². The summed E-state index contributed by atoms with van der Waals surface area (Å²) >= 11 is 0. The van der Waals surface area contributed by atoms with E-state index in [0.29, 0.717) is 12.1 Å². The van der Waals surface area contributed by atoms with Crippen LogP contribution in [-0.4, -0.2) is 55.2 Å². The Balaban J connectivity index is 2.24. The summed E-state index contributed by atoms with van der Waals surface area (Å²) in [6.45, 7) is 4.31. The molecule has 0 fully saturated rings. The van der Waals surface area contributed by atoms with Gasteiger partial charge in [0.05, 0.1) is 6.10 Å². The number of carbonyl (C=O) groups excluding carboxylic acids is 2. The van der Waals surface area contributed by atoms with Gasteiger partial charge in [-0.15, -0.1) is 0 Å². The van der Waals surface area contributed by atoms with Gasteiger partial charge in [-0.2, -0.15) is 0 Å². The van der Waals surface area contributed by atoms with Gasteiger partial charge in [0.25, 0.3) is 5.91 Å². The smallest absolute Gasteiger partial charge is 0.333 e. The van der Waals surface area contributed by atoms with E-state index >= 15 is 0 Å². The van der Waals surface area contributed by atoms with Crippen molar-refractivity contribution in [1.82, 2.24) is 4.90 Å². The van der Waals surface area contributed by atoms with E-state index in [9.17, 15) is 9.59 Å². The molecule has 1 aromatic rings. The van der Waals surface area contributed by atoms with Crippen LogP contribution in [-0.2, 0) is 9.53 Å². The Morgan fingerprint density at radius 1 is 1.23 bits per heavy atom. The fourth-order valence-electron chi connectivity index (χ4n) is 3.22. The molecule has 1 N–H and O–H groups in total. The van der Waals surface area contributed by atoms with E-state index in [4.69, 9.17) is 9.84 Å². The first-order valence-electron chi connectivity index (χ1n) is 9.30. The molecular formula is C20H30N2O4. The van der Waals surface area contributed by atoms with Crippen molar-refractivity contribution in [2.75, 3.05) is 32.1 Å². The SMILES string of the molecule is CC(C)OC(=O)C1c2ccc(N(C)C)cc2C(=O)N1CCCCCCO. The number of hydrogen-bond donors (Lipinski definition) is 1. The highest BCUT2D eigenvalue weighted by Crippen LogP contribution is 2.37. The van der Waals surface area contributed by atoms with Gasteiger partial charge >= 0.3 is 5.97 Å². The fourth-order valence-corrected chi connectivity index (χ4v) is 3.22. The Morgan fingerprint density at radius 3 is 2.54 bits per heavy atom. The molecule has 2 rings (SSSR count). The topological polar surface area (TPSA) is 70.1 Å². The number of benzene rings is 1. The molecule has 1 heterocycles. The third-order valence-corrected chi connectivity index (χ3v) is 4.53. The molecule has 144 valence electrons. The summed E-state index contributed by atoms with van der Waals surface area (Å²) < 4.78 is 5.42. The van der Waals surface area contributed by atoms with Gasteiger partial charge in [0, 0.05) is 38.5 Å². The number of fused-ring (bicyclic) bond motifs is 1. The standard InChI is InChI=1S/C20H30N2O4/c1-14(2)26-20(25)18-16-10-9-15(21(3)4)13-17(16)19(24)22(18)11-7-5-6-8-12-23/h9-10,13-14,18,23H,5-8,11-12H2,1-4H3. The van der Waals surface area contributed by atoms with Crippen LogP contribution in [0.1, 0.15) is 61.5 Å². The third kappa shape index (κ3) is 4.55. The Bertz CT molecular complexity index is 643. The molecule has 0 spiro atoms. The molecule has 0 saturated heterocycles. The van der Waals surface area contributed by atoms with Gasteiger partial charge in [0.1, 0.15) is 0 Å². The second kappa shape index (κ2) is 9.03. The number of anilines is 1. The summed E-state index contributed by atoms with van der Waals surface area (Å²) in [7, 11) is 3.84. The Hall–Kier alpha value is -2.08. The molecule has 1 atom stereocenters. The summed E-state index contributed by atoms with van der Waals surface area (Å²) in [6.07, 6.45) is 3.16. The third-order valence-electron chi connectivity index (χ3n) is 4.53.